The molecular weight excluding hydrogens is 228 g/mol. The number of ether oxygens (including phenoxy) is 1. The lowest BCUT2D eigenvalue weighted by Gasteiger charge is -2.50. The summed E-state index contributed by atoms with van der Waals surface area (Å²) in [5, 5.41) is 0. The molecule has 18 heavy (non-hydrogen) atoms. The first-order valence-electron chi connectivity index (χ1n) is 6.94. The number of carbonyl (C=O) groups excluding carboxylic acids is 1. The van der Waals surface area contributed by atoms with Crippen molar-refractivity contribution in [1.82, 2.24) is 9.80 Å². The van der Waals surface area contributed by atoms with Gasteiger partial charge in [0.25, 0.3) is 0 Å². The Morgan fingerprint density at radius 2 is 2.11 bits per heavy atom. The van der Waals surface area contributed by atoms with Crippen LogP contribution in [-0.4, -0.2) is 63.2 Å². The van der Waals surface area contributed by atoms with Crippen LogP contribution in [-0.2, 0) is 9.53 Å². The summed E-state index contributed by atoms with van der Waals surface area (Å²) in [6, 6.07) is 0.323. The summed E-state index contributed by atoms with van der Waals surface area (Å²) in [5.74, 6) is 0.589. The standard InChI is InChI=1S/C14H26N2O2/c1-15(2)12(11-6-9-16(3)10-11)14(7-5-8-14)13(17)18-4/h11-12H,5-10H2,1-4H3. The number of nitrogens with zero attached hydrogens (tertiary/aromatic N) is 2. The second-order valence-corrected chi connectivity index (χ2v) is 6.22. The van der Waals surface area contributed by atoms with Crippen molar-refractivity contribution >= 4 is 5.97 Å². The summed E-state index contributed by atoms with van der Waals surface area (Å²) in [6.07, 6.45) is 4.32. The molecule has 1 heterocycles. The fourth-order valence-electron chi connectivity index (χ4n) is 3.98. The summed E-state index contributed by atoms with van der Waals surface area (Å²) in [4.78, 5) is 16.9. The zero-order chi connectivity index (χ0) is 13.3. The lowest BCUT2D eigenvalue weighted by Crippen LogP contribution is -2.57. The van der Waals surface area contributed by atoms with Crippen LogP contribution in [0.2, 0.25) is 0 Å². The van der Waals surface area contributed by atoms with Gasteiger partial charge in [-0.3, -0.25) is 4.79 Å². The van der Waals surface area contributed by atoms with Crippen LogP contribution in [0.3, 0.4) is 0 Å². The molecule has 0 aromatic heterocycles. The molecule has 2 fully saturated rings. The van der Waals surface area contributed by atoms with Crippen LogP contribution in [0.1, 0.15) is 25.7 Å². The van der Waals surface area contributed by atoms with Gasteiger partial charge in [-0.15, -0.1) is 0 Å². The van der Waals surface area contributed by atoms with Gasteiger partial charge in [0.05, 0.1) is 12.5 Å². The molecule has 0 radical (unpaired) electrons. The van der Waals surface area contributed by atoms with Crippen LogP contribution in [0.5, 0.6) is 0 Å². The number of hydrogen-bond donors (Lipinski definition) is 0. The van der Waals surface area contributed by atoms with Crippen molar-refractivity contribution in [3.8, 4) is 0 Å². The molecular formula is C14H26N2O2. The second-order valence-electron chi connectivity index (χ2n) is 6.22. The lowest BCUT2D eigenvalue weighted by atomic mass is 9.60. The van der Waals surface area contributed by atoms with Gasteiger partial charge in [0, 0.05) is 12.6 Å². The van der Waals surface area contributed by atoms with Crippen LogP contribution >= 0.6 is 0 Å². The average molecular weight is 254 g/mol. The van der Waals surface area contributed by atoms with Crippen molar-refractivity contribution in [2.45, 2.75) is 31.7 Å². The normalized spacial score (nSPS) is 29.1. The van der Waals surface area contributed by atoms with Crippen molar-refractivity contribution in [1.29, 1.82) is 0 Å². The van der Waals surface area contributed by atoms with Crippen LogP contribution in [0.4, 0.5) is 0 Å². The van der Waals surface area contributed by atoms with E-state index in [0.29, 0.717) is 12.0 Å². The molecule has 2 atom stereocenters. The largest absolute Gasteiger partial charge is 0.469 e. The summed E-state index contributed by atoms with van der Waals surface area (Å²) in [6.45, 7) is 2.24. The molecule has 0 spiro atoms. The highest BCUT2D eigenvalue weighted by Gasteiger charge is 2.55. The first kappa shape index (κ1) is 13.8. The maximum Gasteiger partial charge on any atom is 0.313 e. The van der Waals surface area contributed by atoms with E-state index in [1.165, 1.54) is 13.5 Å². The number of rotatable bonds is 4. The summed E-state index contributed by atoms with van der Waals surface area (Å²) < 4.78 is 5.10. The number of esters is 1. The molecule has 4 nitrogen and oxygen atoms in total. The molecule has 0 aromatic rings. The summed E-state index contributed by atoms with van der Waals surface area (Å²) in [7, 11) is 7.90. The summed E-state index contributed by atoms with van der Waals surface area (Å²) in [5.41, 5.74) is -0.242. The highest BCUT2D eigenvalue weighted by Crippen LogP contribution is 2.49. The molecule has 104 valence electrons. The second kappa shape index (κ2) is 5.17. The van der Waals surface area contributed by atoms with Crippen molar-refractivity contribution in [2.24, 2.45) is 11.3 Å². The van der Waals surface area contributed by atoms with Crippen molar-refractivity contribution in [2.75, 3.05) is 41.3 Å². The number of hydrogen-bond acceptors (Lipinski definition) is 4. The maximum absolute atomic E-state index is 12.2. The Morgan fingerprint density at radius 3 is 2.44 bits per heavy atom. The van der Waals surface area contributed by atoms with Crippen LogP contribution in [0.15, 0.2) is 0 Å². The highest BCUT2D eigenvalue weighted by atomic mass is 16.5. The Kier molecular flexibility index (Phi) is 3.97. The minimum absolute atomic E-state index is 0.00185. The molecule has 2 unspecified atom stereocenters. The Hall–Kier alpha value is -0.610. The molecule has 0 aromatic carbocycles. The Balaban J connectivity index is 2.21. The Labute approximate surface area is 110 Å². The monoisotopic (exact) mass is 254 g/mol. The van der Waals surface area contributed by atoms with E-state index < -0.39 is 0 Å². The Morgan fingerprint density at radius 1 is 1.44 bits per heavy atom. The van der Waals surface area contributed by atoms with Crippen molar-refractivity contribution in [3.05, 3.63) is 0 Å². The number of carbonyl (C=O) groups is 1. The lowest BCUT2D eigenvalue weighted by molar-refractivity contribution is -0.166. The van der Waals surface area contributed by atoms with E-state index in [9.17, 15) is 4.79 Å². The molecule has 0 N–H and O–H groups in total. The molecule has 0 bridgehead atoms. The van der Waals surface area contributed by atoms with Gasteiger partial charge < -0.3 is 14.5 Å². The molecule has 2 aliphatic rings. The van der Waals surface area contributed by atoms with Crippen LogP contribution < -0.4 is 0 Å². The minimum atomic E-state index is -0.242. The van der Waals surface area contributed by atoms with E-state index in [1.807, 2.05) is 0 Å². The number of methoxy groups -OCH3 is 1. The fraction of sp³-hybridized carbons (Fsp3) is 0.929. The first-order chi connectivity index (χ1) is 8.51. The van der Waals surface area contributed by atoms with Gasteiger partial charge in [-0.2, -0.15) is 0 Å². The summed E-state index contributed by atoms with van der Waals surface area (Å²) >= 11 is 0. The van der Waals surface area contributed by atoms with E-state index in [1.54, 1.807) is 0 Å². The third kappa shape index (κ3) is 2.16. The average Bonchev–Trinajstić information content (AvgIpc) is 2.67. The molecule has 1 saturated heterocycles. The third-order valence-electron chi connectivity index (χ3n) is 4.83. The predicted molar refractivity (Wildman–Crippen MR) is 71.4 cm³/mol. The fourth-order valence-corrected chi connectivity index (χ4v) is 3.98. The maximum atomic E-state index is 12.2. The van der Waals surface area contributed by atoms with E-state index in [0.717, 1.165) is 32.4 Å². The molecule has 0 amide bonds. The van der Waals surface area contributed by atoms with Gasteiger partial charge in [0.2, 0.25) is 0 Å². The van der Waals surface area contributed by atoms with Gasteiger partial charge in [0.15, 0.2) is 0 Å². The number of likely N-dealkylation sites (tertiary alicyclic amines) is 1. The van der Waals surface area contributed by atoms with Crippen molar-refractivity contribution < 1.29 is 9.53 Å². The zero-order valence-electron chi connectivity index (χ0n) is 12.1. The van der Waals surface area contributed by atoms with E-state index >= 15 is 0 Å². The minimum Gasteiger partial charge on any atom is -0.469 e. The smallest absolute Gasteiger partial charge is 0.313 e. The molecule has 4 heteroatoms. The van der Waals surface area contributed by atoms with Gasteiger partial charge in [-0.05, 0) is 52.9 Å². The molecule has 2 rings (SSSR count). The van der Waals surface area contributed by atoms with Gasteiger partial charge >= 0.3 is 5.97 Å². The van der Waals surface area contributed by atoms with Crippen molar-refractivity contribution in [3.63, 3.8) is 0 Å². The predicted octanol–water partition coefficient (Wildman–Crippen LogP) is 1.21. The molecule has 1 aliphatic carbocycles. The quantitative estimate of drug-likeness (QED) is 0.706. The van der Waals surface area contributed by atoms with Gasteiger partial charge in [-0.25, -0.2) is 0 Å². The SMILES string of the molecule is COC(=O)C1(C(C2CCN(C)C2)N(C)C)CCC1. The first-order valence-corrected chi connectivity index (χ1v) is 6.94. The van der Waals surface area contributed by atoms with E-state index in [2.05, 4.69) is 30.9 Å². The topological polar surface area (TPSA) is 32.8 Å². The third-order valence-corrected chi connectivity index (χ3v) is 4.83. The molecule has 1 saturated carbocycles. The van der Waals surface area contributed by atoms with E-state index in [4.69, 9.17) is 4.74 Å². The Bertz CT molecular complexity index is 313. The van der Waals surface area contributed by atoms with Crippen LogP contribution in [0.25, 0.3) is 0 Å². The molecule has 1 aliphatic heterocycles. The van der Waals surface area contributed by atoms with Gasteiger partial charge in [-0.1, -0.05) is 6.42 Å². The van der Waals surface area contributed by atoms with Crippen LogP contribution in [0, 0.1) is 11.3 Å². The van der Waals surface area contributed by atoms with E-state index in [-0.39, 0.29) is 11.4 Å². The highest BCUT2D eigenvalue weighted by molar-refractivity contribution is 5.78. The van der Waals surface area contributed by atoms with Gasteiger partial charge in [0.1, 0.15) is 0 Å². The zero-order valence-corrected chi connectivity index (χ0v) is 12.1.